The molecule has 0 radical (unpaired) electrons. The van der Waals surface area contributed by atoms with Gasteiger partial charge in [-0.1, -0.05) is 13.8 Å². The van der Waals surface area contributed by atoms with Gasteiger partial charge in [-0.2, -0.15) is 0 Å². The van der Waals surface area contributed by atoms with E-state index in [2.05, 4.69) is 5.32 Å². The molecule has 22 heavy (non-hydrogen) atoms. The Morgan fingerprint density at radius 2 is 1.95 bits per heavy atom. The minimum atomic E-state index is -0.433. The summed E-state index contributed by atoms with van der Waals surface area (Å²) in [5.41, 5.74) is -0.527. The topological polar surface area (TPSA) is 61.8 Å². The number of nitrogens with zero attached hydrogens (tertiary/aromatic N) is 1. The maximum Gasteiger partial charge on any atom is 0.410 e. The lowest BCUT2D eigenvalue weighted by atomic mass is 9.88. The van der Waals surface area contributed by atoms with E-state index in [4.69, 9.17) is 4.74 Å². The summed E-state index contributed by atoms with van der Waals surface area (Å²) in [5, 5.41) is 12.8. The maximum absolute atomic E-state index is 12.4. The van der Waals surface area contributed by atoms with Gasteiger partial charge >= 0.3 is 6.09 Å². The summed E-state index contributed by atoms with van der Waals surface area (Å²) in [6.07, 6.45) is 3.09. The van der Waals surface area contributed by atoms with Gasteiger partial charge in [0, 0.05) is 37.2 Å². The lowest BCUT2D eigenvalue weighted by Crippen LogP contribution is -2.42. The second kappa shape index (κ2) is 6.36. The predicted octanol–water partition coefficient (Wildman–Crippen LogP) is 2.38. The Hall–Kier alpha value is -0.810. The Morgan fingerprint density at radius 1 is 1.27 bits per heavy atom. The molecule has 2 N–H and O–H groups in total. The van der Waals surface area contributed by atoms with Crippen LogP contribution in [0.2, 0.25) is 0 Å². The van der Waals surface area contributed by atoms with Crippen molar-refractivity contribution in [1.82, 2.24) is 10.2 Å². The van der Waals surface area contributed by atoms with E-state index in [0.717, 1.165) is 32.4 Å². The fraction of sp³-hybridized carbons (Fsp3) is 0.941. The standard InChI is InChI=1S/C17H32N2O3/c1-16(2,3)22-15(21)19-13-6-7-14(19)12(8-13)9-18-10-17(4,5)11-20/h12-14,18,20H,6-11H2,1-5H3. The van der Waals surface area contributed by atoms with Crippen molar-refractivity contribution in [1.29, 1.82) is 0 Å². The Bertz CT molecular complexity index is 403. The van der Waals surface area contributed by atoms with Gasteiger partial charge in [-0.3, -0.25) is 0 Å². The van der Waals surface area contributed by atoms with Crippen LogP contribution in [0.1, 0.15) is 53.9 Å². The highest BCUT2D eigenvalue weighted by atomic mass is 16.6. The second-order valence-corrected chi connectivity index (χ2v) is 8.64. The molecule has 3 unspecified atom stereocenters. The molecule has 0 aromatic rings. The molecular weight excluding hydrogens is 280 g/mol. The quantitative estimate of drug-likeness (QED) is 0.818. The van der Waals surface area contributed by atoms with Gasteiger partial charge in [-0.15, -0.1) is 0 Å². The van der Waals surface area contributed by atoms with Crippen molar-refractivity contribution in [3.05, 3.63) is 0 Å². The molecule has 0 aliphatic carbocycles. The molecule has 1 amide bonds. The number of hydrogen-bond acceptors (Lipinski definition) is 4. The predicted molar refractivity (Wildman–Crippen MR) is 86.7 cm³/mol. The Morgan fingerprint density at radius 3 is 2.55 bits per heavy atom. The summed E-state index contributed by atoms with van der Waals surface area (Å²) in [7, 11) is 0. The zero-order valence-electron chi connectivity index (χ0n) is 14.7. The van der Waals surface area contributed by atoms with E-state index in [0.29, 0.717) is 18.0 Å². The smallest absolute Gasteiger partial charge is 0.410 e. The Kier molecular flexibility index (Phi) is 5.07. The van der Waals surface area contributed by atoms with Crippen molar-refractivity contribution in [2.75, 3.05) is 19.7 Å². The molecule has 2 aliphatic rings. The van der Waals surface area contributed by atoms with Gasteiger partial charge in [0.25, 0.3) is 0 Å². The number of rotatable bonds is 5. The number of hydrogen-bond donors (Lipinski definition) is 2. The fourth-order valence-corrected chi connectivity index (χ4v) is 3.58. The average molecular weight is 312 g/mol. The molecule has 0 spiro atoms. The lowest BCUT2D eigenvalue weighted by Gasteiger charge is -2.29. The monoisotopic (exact) mass is 312 g/mol. The fourth-order valence-electron chi connectivity index (χ4n) is 3.58. The third-order valence-electron chi connectivity index (χ3n) is 4.71. The minimum absolute atomic E-state index is 0.0948. The van der Waals surface area contributed by atoms with E-state index in [1.807, 2.05) is 39.5 Å². The van der Waals surface area contributed by atoms with Crippen LogP contribution in [-0.4, -0.2) is 53.5 Å². The first-order valence-electron chi connectivity index (χ1n) is 8.46. The lowest BCUT2D eigenvalue weighted by molar-refractivity contribution is 0.0205. The molecule has 0 saturated carbocycles. The van der Waals surface area contributed by atoms with Crippen LogP contribution < -0.4 is 5.32 Å². The zero-order valence-corrected chi connectivity index (χ0v) is 14.7. The molecule has 5 heteroatoms. The molecule has 2 rings (SSSR count). The van der Waals surface area contributed by atoms with Crippen LogP contribution in [0, 0.1) is 11.3 Å². The highest BCUT2D eigenvalue weighted by Gasteiger charge is 2.49. The summed E-state index contributed by atoms with van der Waals surface area (Å²) in [4.78, 5) is 14.4. The Labute approximate surface area is 134 Å². The number of ether oxygens (including phenoxy) is 1. The van der Waals surface area contributed by atoms with Crippen LogP contribution in [0.3, 0.4) is 0 Å². The average Bonchev–Trinajstić information content (AvgIpc) is 2.94. The van der Waals surface area contributed by atoms with Crippen molar-refractivity contribution in [3.8, 4) is 0 Å². The van der Waals surface area contributed by atoms with Crippen LogP contribution in [0.15, 0.2) is 0 Å². The zero-order chi connectivity index (χ0) is 16.5. The number of carbonyl (C=O) groups is 1. The molecule has 5 nitrogen and oxygen atoms in total. The number of aliphatic hydroxyl groups is 1. The van der Waals surface area contributed by atoms with Crippen LogP contribution in [0.5, 0.6) is 0 Å². The summed E-state index contributed by atoms with van der Waals surface area (Å²) >= 11 is 0. The third-order valence-corrected chi connectivity index (χ3v) is 4.71. The molecule has 0 aromatic carbocycles. The van der Waals surface area contributed by atoms with Gasteiger partial charge in [0.05, 0.1) is 0 Å². The first-order chi connectivity index (χ1) is 10.1. The Balaban J connectivity index is 1.87. The van der Waals surface area contributed by atoms with Gasteiger partial charge in [-0.05, 0) is 46.0 Å². The van der Waals surface area contributed by atoms with Gasteiger partial charge in [0.1, 0.15) is 5.60 Å². The molecule has 2 aliphatic heterocycles. The third kappa shape index (κ3) is 4.13. The van der Waals surface area contributed by atoms with Crippen molar-refractivity contribution in [3.63, 3.8) is 0 Å². The molecule has 2 saturated heterocycles. The SMILES string of the molecule is CC(C)(CO)CNCC1CC2CCC1N2C(=O)OC(C)(C)C. The number of aliphatic hydroxyl groups excluding tert-OH is 1. The molecular formula is C17H32N2O3. The van der Waals surface area contributed by atoms with Crippen LogP contribution >= 0.6 is 0 Å². The summed E-state index contributed by atoms with van der Waals surface area (Å²) in [5.74, 6) is 0.501. The molecule has 0 aromatic heterocycles. The van der Waals surface area contributed by atoms with Crippen LogP contribution in [0.4, 0.5) is 4.79 Å². The van der Waals surface area contributed by atoms with Crippen LogP contribution in [-0.2, 0) is 4.74 Å². The minimum Gasteiger partial charge on any atom is -0.444 e. The molecule has 128 valence electrons. The molecule has 2 bridgehead atoms. The van der Waals surface area contributed by atoms with E-state index in [9.17, 15) is 9.90 Å². The van der Waals surface area contributed by atoms with E-state index >= 15 is 0 Å². The number of fused-ring (bicyclic) bond motifs is 2. The number of nitrogens with one attached hydrogen (secondary N) is 1. The number of amides is 1. The van der Waals surface area contributed by atoms with E-state index in [-0.39, 0.29) is 18.1 Å². The van der Waals surface area contributed by atoms with E-state index in [1.165, 1.54) is 0 Å². The van der Waals surface area contributed by atoms with Gasteiger partial charge in [0.15, 0.2) is 0 Å². The van der Waals surface area contributed by atoms with Crippen LogP contribution in [0.25, 0.3) is 0 Å². The van der Waals surface area contributed by atoms with Gasteiger partial charge in [-0.25, -0.2) is 4.79 Å². The normalized spacial score (nSPS) is 28.3. The summed E-state index contributed by atoms with van der Waals surface area (Å²) in [6.45, 7) is 11.7. The molecule has 2 heterocycles. The highest BCUT2D eigenvalue weighted by Crippen LogP contribution is 2.42. The van der Waals surface area contributed by atoms with Gasteiger partial charge in [0.2, 0.25) is 0 Å². The van der Waals surface area contributed by atoms with Crippen molar-refractivity contribution >= 4 is 6.09 Å². The largest absolute Gasteiger partial charge is 0.444 e. The first-order valence-corrected chi connectivity index (χ1v) is 8.46. The maximum atomic E-state index is 12.4. The molecule has 2 fully saturated rings. The summed E-state index contributed by atoms with van der Waals surface area (Å²) < 4.78 is 5.56. The number of carbonyl (C=O) groups excluding carboxylic acids is 1. The van der Waals surface area contributed by atoms with E-state index in [1.54, 1.807) is 0 Å². The van der Waals surface area contributed by atoms with Crippen molar-refractivity contribution in [2.45, 2.75) is 71.6 Å². The van der Waals surface area contributed by atoms with E-state index < -0.39 is 5.60 Å². The highest BCUT2D eigenvalue weighted by molar-refractivity contribution is 5.70. The second-order valence-electron chi connectivity index (χ2n) is 8.64. The first kappa shape index (κ1) is 17.5. The van der Waals surface area contributed by atoms with Crippen molar-refractivity contribution < 1.29 is 14.6 Å². The van der Waals surface area contributed by atoms with Gasteiger partial charge < -0.3 is 20.1 Å². The van der Waals surface area contributed by atoms with Crippen molar-refractivity contribution in [2.24, 2.45) is 11.3 Å². The summed E-state index contributed by atoms with van der Waals surface area (Å²) in [6, 6.07) is 0.655. The molecule has 3 atom stereocenters.